The molecule has 0 atom stereocenters. The molecule has 0 spiro atoms. The van der Waals surface area contributed by atoms with Gasteiger partial charge in [-0.2, -0.15) is 0 Å². The molecular formula is C15H24N2O2S. The van der Waals surface area contributed by atoms with Crippen LogP contribution in [0, 0.1) is 13.8 Å². The molecule has 0 amide bonds. The number of sulfonamides is 1. The highest BCUT2D eigenvalue weighted by Crippen LogP contribution is 2.30. The normalized spacial score (nSPS) is 18.9. The summed E-state index contributed by atoms with van der Waals surface area (Å²) in [7, 11) is -3.51. The van der Waals surface area contributed by atoms with Crippen LogP contribution in [0.1, 0.15) is 50.2 Å². The lowest BCUT2D eigenvalue weighted by Crippen LogP contribution is -2.47. The van der Waals surface area contributed by atoms with Gasteiger partial charge < -0.3 is 5.73 Å². The number of nitrogens with one attached hydrogen (secondary N) is 1. The Morgan fingerprint density at radius 3 is 2.30 bits per heavy atom. The summed E-state index contributed by atoms with van der Waals surface area (Å²) in [6, 6.07) is 3.25. The third kappa shape index (κ3) is 3.15. The van der Waals surface area contributed by atoms with Crippen molar-refractivity contribution in [1.82, 2.24) is 4.72 Å². The molecule has 0 aromatic heterocycles. The van der Waals surface area contributed by atoms with Crippen molar-refractivity contribution in [3.63, 3.8) is 0 Å². The number of hydrogen-bond donors (Lipinski definition) is 2. The van der Waals surface area contributed by atoms with Gasteiger partial charge in [-0.15, -0.1) is 0 Å². The molecule has 1 saturated carbocycles. The fourth-order valence-corrected chi connectivity index (χ4v) is 4.41. The van der Waals surface area contributed by atoms with Gasteiger partial charge in [0, 0.05) is 11.2 Å². The second-order valence-corrected chi connectivity index (χ2v) is 7.86. The van der Waals surface area contributed by atoms with Crippen molar-refractivity contribution in [3.8, 4) is 0 Å². The van der Waals surface area contributed by atoms with Crippen molar-refractivity contribution in [3.05, 3.63) is 23.3 Å². The highest BCUT2D eigenvalue weighted by Gasteiger charge is 2.32. The Morgan fingerprint density at radius 1 is 1.15 bits per heavy atom. The largest absolute Gasteiger partial charge is 0.398 e. The van der Waals surface area contributed by atoms with Crippen molar-refractivity contribution in [2.24, 2.45) is 0 Å². The number of benzene rings is 1. The van der Waals surface area contributed by atoms with Gasteiger partial charge in [-0.25, -0.2) is 13.1 Å². The molecule has 5 heteroatoms. The quantitative estimate of drug-likeness (QED) is 0.842. The van der Waals surface area contributed by atoms with E-state index in [2.05, 4.69) is 4.72 Å². The molecule has 0 heterocycles. The summed E-state index contributed by atoms with van der Waals surface area (Å²) in [6.07, 6.45) is 5.13. The number of nitrogens with two attached hydrogens (primary N) is 1. The van der Waals surface area contributed by atoms with E-state index in [9.17, 15) is 8.42 Å². The Morgan fingerprint density at radius 2 is 1.75 bits per heavy atom. The Labute approximate surface area is 121 Å². The summed E-state index contributed by atoms with van der Waals surface area (Å²) >= 11 is 0. The third-order valence-electron chi connectivity index (χ3n) is 4.33. The molecule has 112 valence electrons. The Kier molecular flexibility index (Phi) is 4.12. The van der Waals surface area contributed by atoms with Crippen molar-refractivity contribution < 1.29 is 8.42 Å². The van der Waals surface area contributed by atoms with Crippen LogP contribution in [0.15, 0.2) is 17.0 Å². The lowest BCUT2D eigenvalue weighted by molar-refractivity contribution is 0.294. The number of rotatable bonds is 3. The van der Waals surface area contributed by atoms with Crippen LogP contribution in [0.2, 0.25) is 0 Å². The van der Waals surface area contributed by atoms with Crippen LogP contribution in [-0.2, 0) is 10.0 Å². The summed E-state index contributed by atoms with van der Waals surface area (Å²) in [5, 5.41) is 0. The maximum Gasteiger partial charge on any atom is 0.241 e. The van der Waals surface area contributed by atoms with Crippen LogP contribution >= 0.6 is 0 Å². The van der Waals surface area contributed by atoms with Gasteiger partial charge in [-0.3, -0.25) is 0 Å². The number of aryl methyl sites for hydroxylation is 1. The predicted octanol–water partition coefficient (Wildman–Crippen LogP) is 2.89. The topological polar surface area (TPSA) is 72.2 Å². The smallest absolute Gasteiger partial charge is 0.241 e. The molecule has 20 heavy (non-hydrogen) atoms. The number of nitrogen functional groups attached to an aromatic ring is 1. The van der Waals surface area contributed by atoms with Gasteiger partial charge in [-0.1, -0.05) is 19.3 Å². The summed E-state index contributed by atoms with van der Waals surface area (Å²) in [5.74, 6) is 0. The van der Waals surface area contributed by atoms with Crippen LogP contribution in [0.25, 0.3) is 0 Å². The lowest BCUT2D eigenvalue weighted by atomic mass is 9.84. The minimum Gasteiger partial charge on any atom is -0.398 e. The standard InChI is InChI=1S/C15H24N2O2S/c1-11-9-13(10-14(16)12(11)2)20(18,19)17-15(3)7-5-4-6-8-15/h9-10,17H,4-8,16H2,1-3H3. The molecule has 1 aliphatic carbocycles. The van der Waals surface area contributed by atoms with Crippen LogP contribution in [0.3, 0.4) is 0 Å². The van der Waals surface area contributed by atoms with E-state index in [1.54, 1.807) is 12.1 Å². The zero-order valence-electron chi connectivity index (χ0n) is 12.5. The van der Waals surface area contributed by atoms with Crippen LogP contribution < -0.4 is 10.5 Å². The molecule has 1 aromatic rings. The maximum atomic E-state index is 12.6. The zero-order chi connectivity index (χ0) is 15.0. The monoisotopic (exact) mass is 296 g/mol. The van der Waals surface area contributed by atoms with Gasteiger partial charge in [0.2, 0.25) is 10.0 Å². The van der Waals surface area contributed by atoms with Gasteiger partial charge in [0.1, 0.15) is 0 Å². The first-order valence-electron chi connectivity index (χ1n) is 7.14. The van der Waals surface area contributed by atoms with E-state index in [-0.39, 0.29) is 10.4 Å². The number of anilines is 1. The van der Waals surface area contributed by atoms with Crippen LogP contribution in [-0.4, -0.2) is 14.0 Å². The van der Waals surface area contributed by atoms with Crippen LogP contribution in [0.4, 0.5) is 5.69 Å². The molecule has 4 nitrogen and oxygen atoms in total. The molecule has 0 saturated heterocycles. The second kappa shape index (κ2) is 5.37. The second-order valence-electron chi connectivity index (χ2n) is 6.18. The fraction of sp³-hybridized carbons (Fsp3) is 0.600. The molecular weight excluding hydrogens is 272 g/mol. The predicted molar refractivity (Wildman–Crippen MR) is 82.1 cm³/mol. The molecule has 1 aliphatic rings. The van der Waals surface area contributed by atoms with E-state index in [0.717, 1.165) is 36.8 Å². The van der Waals surface area contributed by atoms with Crippen molar-refractivity contribution in [2.75, 3.05) is 5.73 Å². The molecule has 0 radical (unpaired) electrons. The van der Waals surface area contributed by atoms with Gasteiger partial charge in [0.25, 0.3) is 0 Å². The Bertz CT molecular complexity index is 579. The first-order valence-corrected chi connectivity index (χ1v) is 8.63. The van der Waals surface area contributed by atoms with Crippen molar-refractivity contribution in [2.45, 2.75) is 63.3 Å². The molecule has 1 fully saturated rings. The third-order valence-corrected chi connectivity index (χ3v) is 5.95. The Hall–Kier alpha value is -1.07. The van der Waals surface area contributed by atoms with Crippen LogP contribution in [0.5, 0.6) is 0 Å². The highest BCUT2D eigenvalue weighted by molar-refractivity contribution is 7.89. The average Bonchev–Trinajstić information content (AvgIpc) is 2.35. The zero-order valence-corrected chi connectivity index (χ0v) is 13.3. The molecule has 1 aromatic carbocycles. The van der Waals surface area contributed by atoms with Gasteiger partial charge in [0.15, 0.2) is 0 Å². The van der Waals surface area contributed by atoms with E-state index in [1.165, 1.54) is 6.42 Å². The van der Waals surface area contributed by atoms with E-state index < -0.39 is 10.0 Å². The molecule has 0 bridgehead atoms. The van der Waals surface area contributed by atoms with Gasteiger partial charge in [-0.05, 0) is 56.9 Å². The summed E-state index contributed by atoms with van der Waals surface area (Å²) in [4.78, 5) is 0.268. The Balaban J connectivity index is 2.31. The van der Waals surface area contributed by atoms with Gasteiger partial charge >= 0.3 is 0 Å². The van der Waals surface area contributed by atoms with Crippen molar-refractivity contribution >= 4 is 15.7 Å². The average molecular weight is 296 g/mol. The van der Waals surface area contributed by atoms with E-state index in [1.807, 2.05) is 20.8 Å². The SMILES string of the molecule is Cc1cc(S(=O)(=O)NC2(C)CCCCC2)cc(N)c1C. The summed E-state index contributed by atoms with van der Waals surface area (Å²) in [5.41, 5.74) is 7.93. The fourth-order valence-electron chi connectivity index (χ4n) is 2.83. The van der Waals surface area contributed by atoms with Gasteiger partial charge in [0.05, 0.1) is 4.90 Å². The molecule has 2 rings (SSSR count). The lowest BCUT2D eigenvalue weighted by Gasteiger charge is -2.34. The van der Waals surface area contributed by atoms with E-state index in [4.69, 9.17) is 5.73 Å². The first kappa shape index (κ1) is 15.3. The minimum atomic E-state index is -3.51. The molecule has 0 aliphatic heterocycles. The first-order chi connectivity index (χ1) is 9.23. The van der Waals surface area contributed by atoms with Crippen molar-refractivity contribution in [1.29, 1.82) is 0 Å². The minimum absolute atomic E-state index is 0.268. The molecule has 3 N–H and O–H groups in total. The highest BCUT2D eigenvalue weighted by atomic mass is 32.2. The summed E-state index contributed by atoms with van der Waals surface area (Å²) < 4.78 is 28.0. The number of hydrogen-bond acceptors (Lipinski definition) is 3. The summed E-state index contributed by atoms with van der Waals surface area (Å²) in [6.45, 7) is 5.78. The van der Waals surface area contributed by atoms with E-state index in [0.29, 0.717) is 5.69 Å². The molecule has 0 unspecified atom stereocenters. The maximum absolute atomic E-state index is 12.6. The van der Waals surface area contributed by atoms with E-state index >= 15 is 0 Å².